The average molecular weight is 286 g/mol. The molecule has 5 heteroatoms. The Morgan fingerprint density at radius 3 is 2.57 bits per heavy atom. The number of hydrogen-bond donors (Lipinski definition) is 2. The lowest BCUT2D eigenvalue weighted by Crippen LogP contribution is -2.21. The molecule has 5 nitrogen and oxygen atoms in total. The van der Waals surface area contributed by atoms with Crippen molar-refractivity contribution in [2.75, 3.05) is 11.9 Å². The van der Waals surface area contributed by atoms with Crippen LogP contribution in [0.5, 0.6) is 0 Å². The van der Waals surface area contributed by atoms with E-state index >= 15 is 0 Å². The van der Waals surface area contributed by atoms with Crippen LogP contribution in [0.4, 0.5) is 11.4 Å². The molecule has 2 aromatic carbocycles. The molecule has 0 heterocycles. The highest BCUT2D eigenvalue weighted by molar-refractivity contribution is 5.53. The van der Waals surface area contributed by atoms with Crippen LogP contribution in [0.15, 0.2) is 48.5 Å². The number of nitro groups is 1. The van der Waals surface area contributed by atoms with Crippen LogP contribution in [0, 0.1) is 17.0 Å². The van der Waals surface area contributed by atoms with E-state index in [4.69, 9.17) is 0 Å². The number of nitrogens with zero attached hydrogens (tertiary/aromatic N) is 1. The zero-order chi connectivity index (χ0) is 15.2. The molecule has 0 saturated carbocycles. The van der Waals surface area contributed by atoms with Gasteiger partial charge < -0.3 is 10.4 Å². The predicted molar refractivity (Wildman–Crippen MR) is 82.5 cm³/mol. The van der Waals surface area contributed by atoms with Crippen molar-refractivity contribution in [1.82, 2.24) is 0 Å². The van der Waals surface area contributed by atoms with Crippen molar-refractivity contribution in [3.8, 4) is 0 Å². The van der Waals surface area contributed by atoms with Gasteiger partial charge in [0.1, 0.15) is 0 Å². The van der Waals surface area contributed by atoms with Crippen LogP contribution in [0.3, 0.4) is 0 Å². The minimum absolute atomic E-state index is 0.102. The maximum atomic E-state index is 10.7. The number of aliphatic hydroxyl groups excluding tert-OH is 1. The monoisotopic (exact) mass is 286 g/mol. The van der Waals surface area contributed by atoms with Crippen LogP contribution < -0.4 is 5.32 Å². The summed E-state index contributed by atoms with van der Waals surface area (Å²) in [5.74, 6) is 0. The van der Waals surface area contributed by atoms with Gasteiger partial charge in [-0.1, -0.05) is 30.3 Å². The summed E-state index contributed by atoms with van der Waals surface area (Å²) in [5, 5.41) is 23.9. The number of nitro benzene ring substituents is 1. The minimum Gasteiger partial charge on any atom is -0.391 e. The Labute approximate surface area is 123 Å². The highest BCUT2D eigenvalue weighted by atomic mass is 16.6. The van der Waals surface area contributed by atoms with Gasteiger partial charge in [0.05, 0.1) is 11.0 Å². The van der Waals surface area contributed by atoms with Gasteiger partial charge in [-0.05, 0) is 24.6 Å². The molecule has 2 aromatic rings. The van der Waals surface area contributed by atoms with E-state index < -0.39 is 11.0 Å². The smallest absolute Gasteiger partial charge is 0.272 e. The summed E-state index contributed by atoms with van der Waals surface area (Å²) in [6.45, 7) is 2.09. The van der Waals surface area contributed by atoms with E-state index in [9.17, 15) is 15.2 Å². The first kappa shape index (κ1) is 15.0. The SMILES string of the molecule is Cc1cc(NCC(O)Cc2ccccc2)ccc1[N+](=O)[O-]. The Bertz CT molecular complexity index is 614. The Morgan fingerprint density at radius 1 is 1.24 bits per heavy atom. The van der Waals surface area contributed by atoms with Crippen molar-refractivity contribution >= 4 is 11.4 Å². The van der Waals surface area contributed by atoms with Crippen molar-refractivity contribution in [3.63, 3.8) is 0 Å². The highest BCUT2D eigenvalue weighted by Crippen LogP contribution is 2.21. The van der Waals surface area contributed by atoms with E-state index in [1.807, 2.05) is 30.3 Å². The first-order chi connectivity index (χ1) is 10.1. The van der Waals surface area contributed by atoms with Gasteiger partial charge >= 0.3 is 0 Å². The zero-order valence-corrected chi connectivity index (χ0v) is 11.8. The Kier molecular flexibility index (Phi) is 4.90. The van der Waals surface area contributed by atoms with Gasteiger partial charge in [-0.25, -0.2) is 0 Å². The second-order valence-electron chi connectivity index (χ2n) is 4.98. The van der Waals surface area contributed by atoms with Gasteiger partial charge in [0.15, 0.2) is 0 Å². The fourth-order valence-electron chi connectivity index (χ4n) is 2.16. The minimum atomic E-state index is -0.511. The Hall–Kier alpha value is -2.40. The van der Waals surface area contributed by atoms with Gasteiger partial charge in [0.2, 0.25) is 0 Å². The summed E-state index contributed by atoms with van der Waals surface area (Å²) >= 11 is 0. The summed E-state index contributed by atoms with van der Waals surface area (Å²) in [6, 6.07) is 14.6. The third-order valence-corrected chi connectivity index (χ3v) is 3.25. The predicted octanol–water partition coefficient (Wildman–Crippen LogP) is 2.92. The molecule has 0 amide bonds. The van der Waals surface area contributed by atoms with Gasteiger partial charge in [0.25, 0.3) is 5.69 Å². The average Bonchev–Trinajstić information content (AvgIpc) is 2.46. The van der Waals surface area contributed by atoms with E-state index in [2.05, 4.69) is 5.32 Å². The molecule has 0 radical (unpaired) electrons. The van der Waals surface area contributed by atoms with Crippen molar-refractivity contribution in [3.05, 3.63) is 69.8 Å². The van der Waals surface area contributed by atoms with Crippen LogP contribution in [-0.4, -0.2) is 22.7 Å². The topological polar surface area (TPSA) is 75.4 Å². The summed E-state index contributed by atoms with van der Waals surface area (Å²) in [7, 11) is 0. The second kappa shape index (κ2) is 6.85. The fourth-order valence-corrected chi connectivity index (χ4v) is 2.16. The van der Waals surface area contributed by atoms with Crippen molar-refractivity contribution in [2.24, 2.45) is 0 Å². The van der Waals surface area contributed by atoms with E-state index in [1.165, 1.54) is 6.07 Å². The van der Waals surface area contributed by atoms with Crippen LogP contribution in [0.1, 0.15) is 11.1 Å². The van der Waals surface area contributed by atoms with E-state index in [0.717, 1.165) is 11.3 Å². The molecule has 0 aliphatic heterocycles. The van der Waals surface area contributed by atoms with Crippen molar-refractivity contribution in [1.29, 1.82) is 0 Å². The highest BCUT2D eigenvalue weighted by Gasteiger charge is 2.11. The summed E-state index contributed by atoms with van der Waals surface area (Å²) < 4.78 is 0. The van der Waals surface area contributed by atoms with Crippen LogP contribution in [0.2, 0.25) is 0 Å². The lowest BCUT2D eigenvalue weighted by atomic mass is 10.1. The largest absolute Gasteiger partial charge is 0.391 e. The van der Waals surface area contributed by atoms with Gasteiger partial charge in [-0.15, -0.1) is 0 Å². The molecule has 2 N–H and O–H groups in total. The van der Waals surface area contributed by atoms with E-state index in [1.54, 1.807) is 19.1 Å². The molecular formula is C16H18N2O3. The van der Waals surface area contributed by atoms with Gasteiger partial charge in [-0.3, -0.25) is 10.1 Å². The molecule has 0 bridgehead atoms. The Balaban J connectivity index is 1.91. The number of benzene rings is 2. The van der Waals surface area contributed by atoms with Crippen LogP contribution in [-0.2, 0) is 6.42 Å². The number of nitrogens with one attached hydrogen (secondary N) is 1. The maximum absolute atomic E-state index is 10.7. The number of rotatable bonds is 6. The number of anilines is 1. The quantitative estimate of drug-likeness (QED) is 0.632. The third-order valence-electron chi connectivity index (χ3n) is 3.25. The molecule has 0 saturated heterocycles. The zero-order valence-electron chi connectivity index (χ0n) is 11.8. The number of hydrogen-bond acceptors (Lipinski definition) is 4. The molecule has 110 valence electrons. The fraction of sp³-hybridized carbons (Fsp3) is 0.250. The summed E-state index contributed by atoms with van der Waals surface area (Å²) in [5.41, 5.74) is 2.55. The van der Waals surface area contributed by atoms with Gasteiger partial charge in [0, 0.05) is 30.3 Å². The van der Waals surface area contributed by atoms with Crippen molar-refractivity contribution < 1.29 is 10.0 Å². The normalized spacial score (nSPS) is 11.9. The maximum Gasteiger partial charge on any atom is 0.272 e. The Morgan fingerprint density at radius 2 is 1.95 bits per heavy atom. The van der Waals surface area contributed by atoms with E-state index in [-0.39, 0.29) is 5.69 Å². The molecule has 0 spiro atoms. The molecule has 0 aromatic heterocycles. The first-order valence-electron chi connectivity index (χ1n) is 6.77. The first-order valence-corrected chi connectivity index (χ1v) is 6.77. The molecule has 0 aliphatic carbocycles. The molecule has 21 heavy (non-hydrogen) atoms. The lowest BCUT2D eigenvalue weighted by molar-refractivity contribution is -0.385. The number of aliphatic hydroxyl groups is 1. The molecule has 2 rings (SSSR count). The molecule has 1 unspecified atom stereocenters. The van der Waals surface area contributed by atoms with Crippen LogP contribution in [0.25, 0.3) is 0 Å². The molecular weight excluding hydrogens is 268 g/mol. The van der Waals surface area contributed by atoms with Gasteiger partial charge in [-0.2, -0.15) is 0 Å². The molecule has 1 atom stereocenters. The van der Waals surface area contributed by atoms with Crippen LogP contribution >= 0.6 is 0 Å². The standard InChI is InChI=1S/C16H18N2O3/c1-12-9-14(7-8-16(12)18(20)21)17-11-15(19)10-13-5-3-2-4-6-13/h2-9,15,17,19H,10-11H2,1H3. The third kappa shape index (κ3) is 4.29. The lowest BCUT2D eigenvalue weighted by Gasteiger charge is -2.13. The number of aryl methyl sites for hydroxylation is 1. The summed E-state index contributed by atoms with van der Waals surface area (Å²) in [4.78, 5) is 10.3. The van der Waals surface area contributed by atoms with E-state index in [0.29, 0.717) is 18.5 Å². The summed E-state index contributed by atoms with van der Waals surface area (Å²) in [6.07, 6.45) is 0.0580. The van der Waals surface area contributed by atoms with Crippen molar-refractivity contribution in [2.45, 2.75) is 19.4 Å². The molecule has 0 aliphatic rings. The molecule has 0 fully saturated rings. The second-order valence-corrected chi connectivity index (χ2v) is 4.98.